The van der Waals surface area contributed by atoms with Crippen molar-refractivity contribution in [3.05, 3.63) is 35.4 Å². The van der Waals surface area contributed by atoms with Crippen LogP contribution < -0.4 is 5.32 Å². The van der Waals surface area contributed by atoms with Crippen molar-refractivity contribution < 1.29 is 9.53 Å². The van der Waals surface area contributed by atoms with Crippen LogP contribution in [-0.4, -0.2) is 86.3 Å². The van der Waals surface area contributed by atoms with Crippen molar-refractivity contribution >= 4 is 6.03 Å². The number of morpholine rings is 1. The van der Waals surface area contributed by atoms with Crippen LogP contribution in [-0.2, 0) is 11.3 Å². The maximum atomic E-state index is 12.4. The summed E-state index contributed by atoms with van der Waals surface area (Å²) in [5.41, 5.74) is 2.40. The van der Waals surface area contributed by atoms with Crippen molar-refractivity contribution in [1.82, 2.24) is 20.0 Å². The molecular formula is C19H30N4O2. The highest BCUT2D eigenvalue weighted by atomic mass is 16.5. The number of rotatable bonds is 5. The number of nitrogens with zero attached hydrogens (tertiary/aromatic N) is 3. The lowest BCUT2D eigenvalue weighted by atomic mass is 10.1. The number of piperazine rings is 1. The molecule has 2 aliphatic heterocycles. The van der Waals surface area contributed by atoms with Crippen LogP contribution in [0.5, 0.6) is 0 Å². The van der Waals surface area contributed by atoms with E-state index in [0.29, 0.717) is 6.54 Å². The second-order valence-corrected chi connectivity index (χ2v) is 6.87. The van der Waals surface area contributed by atoms with Gasteiger partial charge in [0.15, 0.2) is 0 Å². The summed E-state index contributed by atoms with van der Waals surface area (Å²) < 4.78 is 5.39. The highest BCUT2D eigenvalue weighted by molar-refractivity contribution is 5.74. The average molecular weight is 346 g/mol. The number of amides is 2. The summed E-state index contributed by atoms with van der Waals surface area (Å²) >= 11 is 0. The van der Waals surface area contributed by atoms with Gasteiger partial charge in [-0.05, 0) is 18.1 Å². The summed E-state index contributed by atoms with van der Waals surface area (Å²) in [6.45, 7) is 12.2. The lowest BCUT2D eigenvalue weighted by Gasteiger charge is -2.36. The van der Waals surface area contributed by atoms with Crippen molar-refractivity contribution in [2.24, 2.45) is 0 Å². The molecule has 2 heterocycles. The van der Waals surface area contributed by atoms with Crippen LogP contribution in [0.3, 0.4) is 0 Å². The zero-order valence-corrected chi connectivity index (χ0v) is 15.2. The van der Waals surface area contributed by atoms with E-state index in [9.17, 15) is 4.79 Å². The first kappa shape index (κ1) is 18.2. The summed E-state index contributed by atoms with van der Waals surface area (Å²) in [6.07, 6.45) is 0. The van der Waals surface area contributed by atoms with Crippen LogP contribution >= 0.6 is 0 Å². The largest absolute Gasteiger partial charge is 0.379 e. The molecule has 6 nitrogen and oxygen atoms in total. The van der Waals surface area contributed by atoms with Gasteiger partial charge in [0.05, 0.1) is 13.2 Å². The van der Waals surface area contributed by atoms with Crippen molar-refractivity contribution in [3.8, 4) is 0 Å². The number of ether oxygens (including phenoxy) is 1. The summed E-state index contributed by atoms with van der Waals surface area (Å²) in [4.78, 5) is 19.2. The molecule has 2 fully saturated rings. The Bertz CT molecular complexity index is 552. The van der Waals surface area contributed by atoms with Gasteiger partial charge < -0.3 is 15.0 Å². The molecule has 1 aromatic carbocycles. The maximum absolute atomic E-state index is 12.4. The molecule has 0 aromatic heterocycles. The van der Waals surface area contributed by atoms with Crippen LogP contribution in [0.25, 0.3) is 0 Å². The Morgan fingerprint density at radius 3 is 2.32 bits per heavy atom. The number of hydrogen-bond acceptors (Lipinski definition) is 4. The van der Waals surface area contributed by atoms with E-state index in [0.717, 1.165) is 65.6 Å². The minimum absolute atomic E-state index is 0.0519. The fourth-order valence-electron chi connectivity index (χ4n) is 3.37. The molecule has 2 amide bonds. The fourth-order valence-corrected chi connectivity index (χ4v) is 3.37. The molecule has 0 radical (unpaired) electrons. The van der Waals surface area contributed by atoms with Gasteiger partial charge in [0.25, 0.3) is 0 Å². The van der Waals surface area contributed by atoms with Crippen molar-refractivity contribution in [2.45, 2.75) is 13.5 Å². The average Bonchev–Trinajstić information content (AvgIpc) is 2.67. The molecular weight excluding hydrogens is 316 g/mol. The zero-order valence-electron chi connectivity index (χ0n) is 15.2. The first-order valence-electron chi connectivity index (χ1n) is 9.32. The Labute approximate surface area is 150 Å². The quantitative estimate of drug-likeness (QED) is 0.869. The van der Waals surface area contributed by atoms with E-state index in [1.807, 2.05) is 17.0 Å². The Balaban J connectivity index is 1.35. The standard InChI is InChI=1S/C19H30N4O2/c1-17-4-2-3-5-18(17)16-20-19(24)23-10-8-21(9-11-23)6-7-22-12-14-25-15-13-22/h2-5H,6-16H2,1H3,(H,20,24). The molecule has 2 aliphatic rings. The van der Waals surface area contributed by atoms with Crippen LogP contribution in [0.15, 0.2) is 24.3 Å². The monoisotopic (exact) mass is 346 g/mol. The molecule has 3 rings (SSSR count). The molecule has 6 heteroatoms. The van der Waals surface area contributed by atoms with Gasteiger partial charge in [0.1, 0.15) is 0 Å². The summed E-state index contributed by atoms with van der Waals surface area (Å²) in [5.74, 6) is 0. The highest BCUT2D eigenvalue weighted by Crippen LogP contribution is 2.08. The third kappa shape index (κ3) is 5.42. The maximum Gasteiger partial charge on any atom is 0.317 e. The molecule has 0 atom stereocenters. The molecule has 1 N–H and O–H groups in total. The summed E-state index contributed by atoms with van der Waals surface area (Å²) in [5, 5.41) is 3.05. The number of urea groups is 1. The van der Waals surface area contributed by atoms with Gasteiger partial charge in [-0.1, -0.05) is 24.3 Å². The second kappa shape index (κ2) is 9.17. The number of hydrogen-bond donors (Lipinski definition) is 1. The smallest absolute Gasteiger partial charge is 0.317 e. The Hall–Kier alpha value is -1.63. The van der Waals surface area contributed by atoms with Crippen LogP contribution in [0, 0.1) is 6.92 Å². The molecule has 0 spiro atoms. The van der Waals surface area contributed by atoms with Gasteiger partial charge in [-0.3, -0.25) is 9.80 Å². The molecule has 1 aromatic rings. The number of carbonyl (C=O) groups excluding carboxylic acids is 1. The predicted octanol–water partition coefficient (Wildman–Crippen LogP) is 1.15. The summed E-state index contributed by atoms with van der Waals surface area (Å²) in [6, 6.07) is 8.24. The molecule has 0 saturated carbocycles. The topological polar surface area (TPSA) is 48.1 Å². The fraction of sp³-hybridized carbons (Fsp3) is 0.632. The minimum Gasteiger partial charge on any atom is -0.379 e. The number of carbonyl (C=O) groups is 1. The third-order valence-corrected chi connectivity index (χ3v) is 5.19. The van der Waals surface area contributed by atoms with Gasteiger partial charge in [0, 0.05) is 58.9 Å². The molecule has 2 saturated heterocycles. The second-order valence-electron chi connectivity index (χ2n) is 6.87. The number of nitrogens with one attached hydrogen (secondary N) is 1. The highest BCUT2D eigenvalue weighted by Gasteiger charge is 2.21. The van der Waals surface area contributed by atoms with E-state index in [-0.39, 0.29) is 6.03 Å². The van der Waals surface area contributed by atoms with Crippen molar-refractivity contribution in [2.75, 3.05) is 65.6 Å². The lowest BCUT2D eigenvalue weighted by molar-refractivity contribution is 0.0309. The Kier molecular flexibility index (Phi) is 6.67. The minimum atomic E-state index is 0.0519. The number of benzene rings is 1. The Morgan fingerprint density at radius 1 is 1.00 bits per heavy atom. The van der Waals surface area contributed by atoms with Crippen molar-refractivity contribution in [1.29, 1.82) is 0 Å². The summed E-state index contributed by atoms with van der Waals surface area (Å²) in [7, 11) is 0. The molecule has 138 valence electrons. The molecule has 0 aliphatic carbocycles. The first-order valence-corrected chi connectivity index (χ1v) is 9.32. The van der Waals surface area contributed by atoms with E-state index in [1.54, 1.807) is 0 Å². The van der Waals surface area contributed by atoms with Gasteiger partial charge >= 0.3 is 6.03 Å². The molecule has 0 bridgehead atoms. The molecule has 0 unspecified atom stereocenters. The molecule has 25 heavy (non-hydrogen) atoms. The van der Waals surface area contributed by atoms with Crippen LogP contribution in [0.1, 0.15) is 11.1 Å². The van der Waals surface area contributed by atoms with E-state index >= 15 is 0 Å². The van der Waals surface area contributed by atoms with E-state index in [4.69, 9.17) is 4.74 Å². The lowest BCUT2D eigenvalue weighted by Crippen LogP contribution is -2.53. The van der Waals surface area contributed by atoms with Crippen molar-refractivity contribution in [3.63, 3.8) is 0 Å². The zero-order chi connectivity index (χ0) is 17.5. The van der Waals surface area contributed by atoms with E-state index in [1.165, 1.54) is 11.1 Å². The van der Waals surface area contributed by atoms with Crippen LogP contribution in [0.4, 0.5) is 4.79 Å². The Morgan fingerprint density at radius 2 is 1.64 bits per heavy atom. The van der Waals surface area contributed by atoms with Crippen LogP contribution in [0.2, 0.25) is 0 Å². The van der Waals surface area contributed by atoms with Gasteiger partial charge in [0.2, 0.25) is 0 Å². The van der Waals surface area contributed by atoms with Gasteiger partial charge in [-0.15, -0.1) is 0 Å². The normalized spacial score (nSPS) is 19.8. The van der Waals surface area contributed by atoms with E-state index < -0.39 is 0 Å². The van der Waals surface area contributed by atoms with Gasteiger partial charge in [-0.25, -0.2) is 4.79 Å². The SMILES string of the molecule is Cc1ccccc1CNC(=O)N1CCN(CCN2CCOCC2)CC1. The predicted molar refractivity (Wildman–Crippen MR) is 98.7 cm³/mol. The first-order chi connectivity index (χ1) is 12.2. The van der Waals surface area contributed by atoms with E-state index in [2.05, 4.69) is 34.2 Å². The third-order valence-electron chi connectivity index (χ3n) is 5.19. The number of aryl methyl sites for hydroxylation is 1. The van der Waals surface area contributed by atoms with Gasteiger partial charge in [-0.2, -0.15) is 0 Å².